The van der Waals surface area contributed by atoms with E-state index in [1.807, 2.05) is 31.5 Å². The highest BCUT2D eigenvalue weighted by atomic mass is 19.1. The molecule has 1 heterocycles. The van der Waals surface area contributed by atoms with Crippen LogP contribution in [0.15, 0.2) is 23.2 Å². The topological polar surface area (TPSA) is 85.6 Å². The first kappa shape index (κ1) is 23.0. The van der Waals surface area contributed by atoms with Gasteiger partial charge in [0.15, 0.2) is 23.4 Å². The van der Waals surface area contributed by atoms with Gasteiger partial charge in [0, 0.05) is 27.3 Å². The van der Waals surface area contributed by atoms with Crippen molar-refractivity contribution in [3.8, 4) is 5.75 Å². The molecule has 0 bridgehead atoms. The second kappa shape index (κ2) is 11.1. The van der Waals surface area contributed by atoms with Crippen LogP contribution < -0.4 is 15.4 Å². The van der Waals surface area contributed by atoms with Crippen LogP contribution in [0.3, 0.4) is 0 Å². The summed E-state index contributed by atoms with van der Waals surface area (Å²) in [6.45, 7) is 6.20. The highest BCUT2D eigenvalue weighted by Crippen LogP contribution is 2.30. The molecule has 1 unspecified atom stereocenters. The average molecular weight is 433 g/mol. The molecular formula is C22H33FN6O2. The normalized spacial score (nSPS) is 15.1. The van der Waals surface area contributed by atoms with Crippen molar-refractivity contribution in [3.05, 3.63) is 41.2 Å². The van der Waals surface area contributed by atoms with Crippen LogP contribution in [0.1, 0.15) is 49.4 Å². The van der Waals surface area contributed by atoms with E-state index < -0.39 is 0 Å². The number of methoxy groups -OCH3 is 1. The van der Waals surface area contributed by atoms with Crippen molar-refractivity contribution in [2.24, 2.45) is 18.0 Å². The van der Waals surface area contributed by atoms with Gasteiger partial charge in [0.25, 0.3) is 0 Å². The fourth-order valence-corrected chi connectivity index (χ4v) is 3.00. The second-order valence-corrected chi connectivity index (χ2v) is 7.97. The summed E-state index contributed by atoms with van der Waals surface area (Å²) in [4.78, 5) is 4.64. The van der Waals surface area contributed by atoms with Crippen molar-refractivity contribution >= 4 is 5.96 Å². The van der Waals surface area contributed by atoms with E-state index in [9.17, 15) is 4.39 Å². The summed E-state index contributed by atoms with van der Waals surface area (Å²) >= 11 is 0. The van der Waals surface area contributed by atoms with Gasteiger partial charge in [-0.25, -0.2) is 9.38 Å². The number of nitrogens with zero attached hydrogens (tertiary/aromatic N) is 4. The van der Waals surface area contributed by atoms with E-state index in [0.717, 1.165) is 23.6 Å². The van der Waals surface area contributed by atoms with E-state index in [2.05, 4.69) is 25.8 Å². The van der Waals surface area contributed by atoms with Crippen LogP contribution in [0, 0.1) is 18.7 Å². The van der Waals surface area contributed by atoms with Crippen LogP contribution in [0.2, 0.25) is 0 Å². The van der Waals surface area contributed by atoms with Gasteiger partial charge in [-0.05, 0) is 56.7 Å². The smallest absolute Gasteiger partial charge is 0.192 e. The molecule has 0 saturated heterocycles. The van der Waals surface area contributed by atoms with Crippen LogP contribution in [-0.4, -0.2) is 47.6 Å². The quantitative estimate of drug-likeness (QED) is 0.323. The molecule has 2 aromatic rings. The van der Waals surface area contributed by atoms with Crippen molar-refractivity contribution in [2.45, 2.75) is 45.7 Å². The molecule has 1 fully saturated rings. The van der Waals surface area contributed by atoms with Crippen LogP contribution >= 0.6 is 0 Å². The van der Waals surface area contributed by atoms with Crippen molar-refractivity contribution in [1.29, 1.82) is 0 Å². The zero-order valence-electron chi connectivity index (χ0n) is 18.8. The van der Waals surface area contributed by atoms with Gasteiger partial charge in [0.05, 0.1) is 12.6 Å². The maximum absolute atomic E-state index is 14.5. The first-order chi connectivity index (χ1) is 15.0. The molecule has 1 aromatic carbocycles. The Bertz CT molecular complexity index is 881. The Balaban J connectivity index is 1.64. The minimum Gasteiger partial charge on any atom is -0.490 e. The summed E-state index contributed by atoms with van der Waals surface area (Å²) in [5.41, 5.74) is 0.817. The minimum absolute atomic E-state index is 0.151. The number of rotatable bonds is 11. The lowest BCUT2D eigenvalue weighted by atomic mass is 10.1. The molecule has 9 heteroatoms. The molecular weight excluding hydrogens is 399 g/mol. The Morgan fingerprint density at radius 3 is 2.81 bits per heavy atom. The molecule has 170 valence electrons. The zero-order chi connectivity index (χ0) is 22.2. The van der Waals surface area contributed by atoms with E-state index in [1.165, 1.54) is 18.9 Å². The van der Waals surface area contributed by atoms with Gasteiger partial charge in [0.2, 0.25) is 0 Å². The largest absolute Gasteiger partial charge is 0.490 e. The molecule has 8 nitrogen and oxygen atoms in total. The summed E-state index contributed by atoms with van der Waals surface area (Å²) in [6.07, 6.45) is 3.19. The summed E-state index contributed by atoms with van der Waals surface area (Å²) in [5.74, 6) is 2.78. The molecule has 1 saturated carbocycles. The van der Waals surface area contributed by atoms with Crippen LogP contribution in [0.25, 0.3) is 0 Å². The van der Waals surface area contributed by atoms with Gasteiger partial charge in [-0.1, -0.05) is 6.07 Å². The number of nitrogens with one attached hydrogen (secondary N) is 2. The Kier molecular flexibility index (Phi) is 8.22. The van der Waals surface area contributed by atoms with Crippen molar-refractivity contribution in [1.82, 2.24) is 25.4 Å². The van der Waals surface area contributed by atoms with Gasteiger partial charge in [-0.2, -0.15) is 0 Å². The molecule has 2 N–H and O–H groups in total. The number of benzene rings is 1. The maximum atomic E-state index is 14.5. The third-order valence-electron chi connectivity index (χ3n) is 5.36. The number of ether oxygens (including phenoxy) is 2. The lowest BCUT2D eigenvalue weighted by molar-refractivity contribution is 0.195. The van der Waals surface area contributed by atoms with Crippen molar-refractivity contribution < 1.29 is 13.9 Å². The summed E-state index contributed by atoms with van der Waals surface area (Å²) in [5, 5.41) is 14.9. The van der Waals surface area contributed by atoms with Crippen LogP contribution in [0.4, 0.5) is 4.39 Å². The Hall–Kier alpha value is -2.68. The van der Waals surface area contributed by atoms with Gasteiger partial charge >= 0.3 is 0 Å². The monoisotopic (exact) mass is 432 g/mol. The fraction of sp³-hybridized carbons (Fsp3) is 0.591. The van der Waals surface area contributed by atoms with Crippen molar-refractivity contribution in [2.75, 3.05) is 26.9 Å². The van der Waals surface area contributed by atoms with E-state index in [-0.39, 0.29) is 11.9 Å². The Morgan fingerprint density at radius 2 is 2.16 bits per heavy atom. The van der Waals surface area contributed by atoms with E-state index in [1.54, 1.807) is 13.2 Å². The number of aryl methyl sites for hydroxylation is 1. The zero-order valence-corrected chi connectivity index (χ0v) is 18.8. The van der Waals surface area contributed by atoms with Gasteiger partial charge < -0.3 is 24.7 Å². The number of guanidine groups is 1. The lowest BCUT2D eigenvalue weighted by Gasteiger charge is -2.19. The second-order valence-electron chi connectivity index (χ2n) is 7.97. The van der Waals surface area contributed by atoms with Gasteiger partial charge in [-0.15, -0.1) is 10.2 Å². The molecule has 0 spiro atoms. The molecule has 1 aliphatic carbocycles. The molecule has 31 heavy (non-hydrogen) atoms. The first-order valence-corrected chi connectivity index (χ1v) is 10.8. The summed E-state index contributed by atoms with van der Waals surface area (Å²) in [7, 11) is 3.59. The lowest BCUT2D eigenvalue weighted by Crippen LogP contribution is -2.39. The van der Waals surface area contributed by atoms with Crippen LogP contribution in [0.5, 0.6) is 5.75 Å². The minimum atomic E-state index is -0.340. The molecule has 0 aliphatic heterocycles. The van der Waals surface area contributed by atoms with E-state index in [4.69, 9.17) is 9.47 Å². The predicted octanol–water partition coefficient (Wildman–Crippen LogP) is 2.88. The number of aliphatic imine (C=N–C) groups is 1. The molecule has 1 atom stereocenters. The maximum Gasteiger partial charge on any atom is 0.192 e. The third-order valence-corrected chi connectivity index (χ3v) is 5.36. The molecule has 0 radical (unpaired) electrons. The molecule has 3 rings (SSSR count). The molecule has 1 aromatic heterocycles. The van der Waals surface area contributed by atoms with E-state index >= 15 is 0 Å². The van der Waals surface area contributed by atoms with E-state index in [0.29, 0.717) is 43.9 Å². The number of hydrogen-bond acceptors (Lipinski definition) is 5. The summed E-state index contributed by atoms with van der Waals surface area (Å²) < 4.78 is 27.1. The molecule has 1 aliphatic rings. The van der Waals surface area contributed by atoms with Gasteiger partial charge in [-0.3, -0.25) is 0 Å². The molecule has 0 amide bonds. The van der Waals surface area contributed by atoms with Crippen molar-refractivity contribution in [3.63, 3.8) is 0 Å². The highest BCUT2D eigenvalue weighted by Gasteiger charge is 2.22. The number of hydrogen-bond donors (Lipinski definition) is 2. The Morgan fingerprint density at radius 1 is 1.35 bits per heavy atom. The number of halogens is 1. The third kappa shape index (κ3) is 6.92. The summed E-state index contributed by atoms with van der Waals surface area (Å²) in [6, 6.07) is 4.96. The first-order valence-electron chi connectivity index (χ1n) is 10.8. The predicted molar refractivity (Wildman–Crippen MR) is 118 cm³/mol. The average Bonchev–Trinajstić information content (AvgIpc) is 3.53. The SMILES string of the molecule is COCCCNC(=NCc1nnc(C)n1C)NC(C)c1ccc(OCC2CC2)c(F)c1. The van der Waals surface area contributed by atoms with Crippen LogP contribution in [-0.2, 0) is 18.3 Å². The standard InChI is InChI=1S/C22H33FN6O2/c1-15(18-8-9-20(19(23)12-18)31-14-17-6-7-17)26-22(24-10-5-11-30-4)25-13-21-28-27-16(2)29(21)3/h8-9,12,15,17H,5-7,10-11,13-14H2,1-4H3,(H2,24,25,26). The fourth-order valence-electron chi connectivity index (χ4n) is 3.00. The number of aromatic nitrogens is 3. The van der Waals surface area contributed by atoms with Gasteiger partial charge in [0.1, 0.15) is 12.4 Å². The highest BCUT2D eigenvalue weighted by molar-refractivity contribution is 5.80. The Labute approximate surface area is 183 Å².